The van der Waals surface area contributed by atoms with Crippen LogP contribution in [-0.4, -0.2) is 16.5 Å². The van der Waals surface area contributed by atoms with E-state index >= 15 is 0 Å². The number of hydrogen-bond acceptors (Lipinski definition) is 3. The monoisotopic (exact) mass is 309 g/mol. The minimum absolute atomic E-state index is 0.562. The SMILES string of the molecule is CCCNc1cc(CC)nc(-c2ccc(Cl)cc2Cl)n1. The first-order valence-electron chi connectivity index (χ1n) is 6.71. The molecule has 1 heterocycles. The quantitative estimate of drug-likeness (QED) is 0.859. The van der Waals surface area contributed by atoms with Crippen molar-refractivity contribution < 1.29 is 0 Å². The summed E-state index contributed by atoms with van der Waals surface area (Å²) in [6.45, 7) is 5.07. The number of aryl methyl sites for hydroxylation is 1. The van der Waals surface area contributed by atoms with Gasteiger partial charge in [0.15, 0.2) is 5.82 Å². The molecule has 0 saturated carbocycles. The molecule has 0 bridgehead atoms. The predicted molar refractivity (Wildman–Crippen MR) is 85.6 cm³/mol. The molecule has 0 saturated heterocycles. The molecule has 1 aromatic heterocycles. The lowest BCUT2D eigenvalue weighted by Gasteiger charge is -2.10. The maximum atomic E-state index is 6.23. The predicted octanol–water partition coefficient (Wildman–Crippen LogP) is 4.83. The molecule has 0 amide bonds. The molecule has 3 nitrogen and oxygen atoms in total. The van der Waals surface area contributed by atoms with Crippen molar-refractivity contribution in [2.45, 2.75) is 26.7 Å². The van der Waals surface area contributed by atoms with Crippen molar-refractivity contribution in [3.8, 4) is 11.4 Å². The molecule has 0 spiro atoms. The van der Waals surface area contributed by atoms with E-state index in [2.05, 4.69) is 29.1 Å². The Labute approximate surface area is 129 Å². The first-order chi connectivity index (χ1) is 9.63. The fourth-order valence-electron chi connectivity index (χ4n) is 1.81. The van der Waals surface area contributed by atoms with Crippen molar-refractivity contribution >= 4 is 29.0 Å². The average molecular weight is 310 g/mol. The highest BCUT2D eigenvalue weighted by Gasteiger charge is 2.10. The highest BCUT2D eigenvalue weighted by Crippen LogP contribution is 2.29. The number of aromatic nitrogens is 2. The average Bonchev–Trinajstić information content (AvgIpc) is 2.44. The van der Waals surface area contributed by atoms with Crippen LogP contribution >= 0.6 is 23.2 Å². The summed E-state index contributed by atoms with van der Waals surface area (Å²) in [5, 5.41) is 4.46. The molecule has 1 aromatic carbocycles. The van der Waals surface area contributed by atoms with Gasteiger partial charge in [-0.25, -0.2) is 9.97 Å². The first-order valence-corrected chi connectivity index (χ1v) is 7.47. The molecule has 2 rings (SSSR count). The van der Waals surface area contributed by atoms with Crippen LogP contribution in [0.1, 0.15) is 26.0 Å². The van der Waals surface area contributed by atoms with Crippen LogP contribution in [0.25, 0.3) is 11.4 Å². The Kier molecular flexibility index (Phi) is 5.21. The minimum atomic E-state index is 0.562. The fraction of sp³-hybridized carbons (Fsp3) is 0.333. The number of anilines is 1. The summed E-state index contributed by atoms with van der Waals surface area (Å²) in [5.74, 6) is 1.46. The van der Waals surface area contributed by atoms with Gasteiger partial charge in [0.05, 0.1) is 5.02 Å². The van der Waals surface area contributed by atoms with Gasteiger partial charge in [-0.2, -0.15) is 0 Å². The van der Waals surface area contributed by atoms with Crippen LogP contribution in [0.3, 0.4) is 0 Å². The Morgan fingerprint density at radius 2 is 1.90 bits per heavy atom. The van der Waals surface area contributed by atoms with Crippen LogP contribution in [0.15, 0.2) is 24.3 Å². The molecule has 5 heteroatoms. The first kappa shape index (κ1) is 15.1. The maximum absolute atomic E-state index is 6.23. The van der Waals surface area contributed by atoms with Crippen molar-refractivity contribution in [1.29, 1.82) is 0 Å². The van der Waals surface area contributed by atoms with E-state index < -0.39 is 0 Å². The number of benzene rings is 1. The van der Waals surface area contributed by atoms with Gasteiger partial charge in [-0.05, 0) is 31.0 Å². The van der Waals surface area contributed by atoms with Crippen molar-refractivity contribution in [3.63, 3.8) is 0 Å². The van der Waals surface area contributed by atoms with Crippen LogP contribution in [-0.2, 0) is 6.42 Å². The van der Waals surface area contributed by atoms with Gasteiger partial charge in [0, 0.05) is 28.9 Å². The molecule has 0 aliphatic rings. The molecule has 0 aliphatic carbocycles. The molecule has 0 atom stereocenters. The van der Waals surface area contributed by atoms with Gasteiger partial charge in [0.1, 0.15) is 5.82 Å². The molecule has 2 aromatic rings. The van der Waals surface area contributed by atoms with Crippen LogP contribution in [0.5, 0.6) is 0 Å². The van der Waals surface area contributed by atoms with Crippen LogP contribution in [0, 0.1) is 0 Å². The molecule has 0 fully saturated rings. The topological polar surface area (TPSA) is 37.8 Å². The summed E-state index contributed by atoms with van der Waals surface area (Å²) >= 11 is 12.2. The lowest BCUT2D eigenvalue weighted by Crippen LogP contribution is -2.05. The summed E-state index contributed by atoms with van der Waals surface area (Å²) in [7, 11) is 0. The fourth-order valence-corrected chi connectivity index (χ4v) is 2.31. The molecule has 1 N–H and O–H groups in total. The molecule has 0 unspecified atom stereocenters. The highest BCUT2D eigenvalue weighted by molar-refractivity contribution is 6.36. The van der Waals surface area contributed by atoms with Gasteiger partial charge in [-0.15, -0.1) is 0 Å². The molecular weight excluding hydrogens is 293 g/mol. The number of nitrogens with one attached hydrogen (secondary N) is 1. The van der Waals surface area contributed by atoms with E-state index in [1.807, 2.05) is 12.1 Å². The van der Waals surface area contributed by atoms with Gasteiger partial charge in [0.25, 0.3) is 0 Å². The lowest BCUT2D eigenvalue weighted by atomic mass is 10.2. The van der Waals surface area contributed by atoms with E-state index in [4.69, 9.17) is 23.2 Å². The lowest BCUT2D eigenvalue weighted by molar-refractivity contribution is 0.951. The summed E-state index contributed by atoms with van der Waals surface area (Å²) in [5.41, 5.74) is 1.78. The minimum Gasteiger partial charge on any atom is -0.370 e. The second kappa shape index (κ2) is 6.91. The highest BCUT2D eigenvalue weighted by atomic mass is 35.5. The largest absolute Gasteiger partial charge is 0.370 e. The third kappa shape index (κ3) is 3.62. The Balaban J connectivity index is 2.44. The van der Waals surface area contributed by atoms with Gasteiger partial charge in [-0.1, -0.05) is 37.0 Å². The van der Waals surface area contributed by atoms with E-state index in [9.17, 15) is 0 Å². The second-order valence-electron chi connectivity index (χ2n) is 4.47. The normalized spacial score (nSPS) is 10.6. The molecular formula is C15H17Cl2N3. The smallest absolute Gasteiger partial charge is 0.163 e. The number of nitrogens with zero attached hydrogens (tertiary/aromatic N) is 2. The van der Waals surface area contributed by atoms with E-state index in [0.29, 0.717) is 15.9 Å². The zero-order chi connectivity index (χ0) is 14.5. The summed E-state index contributed by atoms with van der Waals surface area (Å²) in [6.07, 6.45) is 1.89. The standard InChI is InChI=1S/C15H17Cl2N3/c1-3-7-18-14-9-11(4-2)19-15(20-14)12-6-5-10(16)8-13(12)17/h5-6,8-9H,3-4,7H2,1-2H3,(H,18,19,20). The van der Waals surface area contributed by atoms with Crippen LogP contribution in [0.4, 0.5) is 5.82 Å². The van der Waals surface area contributed by atoms with E-state index in [0.717, 1.165) is 36.5 Å². The van der Waals surface area contributed by atoms with E-state index in [1.165, 1.54) is 0 Å². The van der Waals surface area contributed by atoms with Crippen molar-refractivity contribution in [1.82, 2.24) is 9.97 Å². The Morgan fingerprint density at radius 1 is 1.10 bits per heavy atom. The maximum Gasteiger partial charge on any atom is 0.163 e. The third-order valence-electron chi connectivity index (χ3n) is 2.87. The molecule has 20 heavy (non-hydrogen) atoms. The Bertz CT molecular complexity index is 600. The number of hydrogen-bond donors (Lipinski definition) is 1. The van der Waals surface area contributed by atoms with Gasteiger partial charge < -0.3 is 5.32 Å². The van der Waals surface area contributed by atoms with Crippen molar-refractivity contribution in [2.24, 2.45) is 0 Å². The zero-order valence-electron chi connectivity index (χ0n) is 11.6. The molecule has 0 radical (unpaired) electrons. The zero-order valence-corrected chi connectivity index (χ0v) is 13.1. The van der Waals surface area contributed by atoms with Crippen LogP contribution < -0.4 is 5.32 Å². The van der Waals surface area contributed by atoms with Crippen LogP contribution in [0.2, 0.25) is 10.0 Å². The van der Waals surface area contributed by atoms with E-state index in [1.54, 1.807) is 12.1 Å². The number of halogens is 2. The van der Waals surface area contributed by atoms with Gasteiger partial charge >= 0.3 is 0 Å². The molecule has 106 valence electrons. The Morgan fingerprint density at radius 3 is 2.55 bits per heavy atom. The summed E-state index contributed by atoms with van der Waals surface area (Å²) in [6, 6.07) is 7.33. The van der Waals surface area contributed by atoms with E-state index in [-0.39, 0.29) is 0 Å². The van der Waals surface area contributed by atoms with Gasteiger partial charge in [0.2, 0.25) is 0 Å². The third-order valence-corrected chi connectivity index (χ3v) is 3.42. The Hall–Kier alpha value is -1.32. The second-order valence-corrected chi connectivity index (χ2v) is 5.32. The van der Waals surface area contributed by atoms with Crippen molar-refractivity contribution in [3.05, 3.63) is 40.0 Å². The van der Waals surface area contributed by atoms with Gasteiger partial charge in [-0.3, -0.25) is 0 Å². The van der Waals surface area contributed by atoms with Crippen molar-refractivity contribution in [2.75, 3.05) is 11.9 Å². The summed E-state index contributed by atoms with van der Waals surface area (Å²) < 4.78 is 0. The molecule has 0 aliphatic heterocycles. The summed E-state index contributed by atoms with van der Waals surface area (Å²) in [4.78, 5) is 9.07. The number of rotatable bonds is 5.